The predicted octanol–water partition coefficient (Wildman–Crippen LogP) is 1.72. The van der Waals surface area contributed by atoms with Crippen LogP contribution in [0.3, 0.4) is 0 Å². The van der Waals surface area contributed by atoms with Gasteiger partial charge in [-0.15, -0.1) is 0 Å². The smallest absolute Gasteiger partial charge is 0.124 e. The van der Waals surface area contributed by atoms with Crippen LogP contribution in [0.1, 0.15) is 18.5 Å². The van der Waals surface area contributed by atoms with Gasteiger partial charge in [-0.25, -0.2) is 0 Å². The standard InChI is InChI=1S/C13H20N2O2S/c1-2-16-11-6-4-3-5-10(11)13(15-14)12-9-18-8-7-17-12/h3-6,12-13,15H,2,7-9,14H2,1H3. The number of nitrogens with one attached hydrogen (secondary N) is 1. The molecule has 1 aliphatic rings. The normalized spacial score (nSPS) is 21.6. The molecule has 1 aliphatic heterocycles. The monoisotopic (exact) mass is 268 g/mol. The summed E-state index contributed by atoms with van der Waals surface area (Å²) in [7, 11) is 0. The molecule has 0 saturated carbocycles. The molecule has 1 heterocycles. The fourth-order valence-electron chi connectivity index (χ4n) is 2.12. The number of nitrogens with two attached hydrogens (primary N) is 1. The Bertz CT molecular complexity index is 370. The van der Waals surface area contributed by atoms with Crippen molar-refractivity contribution >= 4 is 11.8 Å². The van der Waals surface area contributed by atoms with Crippen molar-refractivity contribution < 1.29 is 9.47 Å². The van der Waals surface area contributed by atoms with Crippen molar-refractivity contribution in [1.82, 2.24) is 5.43 Å². The van der Waals surface area contributed by atoms with Gasteiger partial charge in [0.2, 0.25) is 0 Å². The van der Waals surface area contributed by atoms with Gasteiger partial charge in [0.25, 0.3) is 0 Å². The van der Waals surface area contributed by atoms with Gasteiger partial charge in [0, 0.05) is 17.1 Å². The number of thioether (sulfide) groups is 1. The molecular formula is C13H20N2O2S. The van der Waals surface area contributed by atoms with E-state index in [0.717, 1.165) is 29.4 Å². The SMILES string of the molecule is CCOc1ccccc1C(NN)C1CSCCO1. The molecule has 18 heavy (non-hydrogen) atoms. The highest BCUT2D eigenvalue weighted by Gasteiger charge is 2.27. The molecule has 0 spiro atoms. The molecule has 2 rings (SSSR count). The van der Waals surface area contributed by atoms with Crippen LogP contribution in [0.25, 0.3) is 0 Å². The molecule has 0 aliphatic carbocycles. The first-order chi connectivity index (χ1) is 8.86. The van der Waals surface area contributed by atoms with Crippen LogP contribution < -0.4 is 16.0 Å². The van der Waals surface area contributed by atoms with Crippen molar-refractivity contribution in [2.45, 2.75) is 19.1 Å². The Balaban J connectivity index is 2.20. The summed E-state index contributed by atoms with van der Waals surface area (Å²) in [5.74, 6) is 8.59. The van der Waals surface area contributed by atoms with Crippen molar-refractivity contribution in [3.05, 3.63) is 29.8 Å². The Morgan fingerprint density at radius 1 is 1.56 bits per heavy atom. The Labute approximate surface area is 112 Å². The van der Waals surface area contributed by atoms with E-state index in [4.69, 9.17) is 15.3 Å². The summed E-state index contributed by atoms with van der Waals surface area (Å²) in [5, 5.41) is 0. The highest BCUT2D eigenvalue weighted by atomic mass is 32.2. The molecule has 1 saturated heterocycles. The predicted molar refractivity (Wildman–Crippen MR) is 74.7 cm³/mol. The molecular weight excluding hydrogens is 248 g/mol. The maximum absolute atomic E-state index is 5.80. The van der Waals surface area contributed by atoms with E-state index < -0.39 is 0 Å². The van der Waals surface area contributed by atoms with E-state index in [0.29, 0.717) is 6.61 Å². The minimum Gasteiger partial charge on any atom is -0.494 e. The summed E-state index contributed by atoms with van der Waals surface area (Å²) >= 11 is 1.90. The lowest BCUT2D eigenvalue weighted by atomic mass is 10.0. The van der Waals surface area contributed by atoms with Crippen LogP contribution in [-0.2, 0) is 4.74 Å². The molecule has 4 nitrogen and oxygen atoms in total. The van der Waals surface area contributed by atoms with Crippen molar-refractivity contribution in [2.24, 2.45) is 5.84 Å². The van der Waals surface area contributed by atoms with E-state index in [1.807, 2.05) is 43.0 Å². The minimum absolute atomic E-state index is 0.0273. The van der Waals surface area contributed by atoms with Crippen molar-refractivity contribution in [1.29, 1.82) is 0 Å². The zero-order valence-electron chi connectivity index (χ0n) is 10.6. The second-order valence-electron chi connectivity index (χ2n) is 4.10. The number of benzene rings is 1. The molecule has 1 fully saturated rings. The van der Waals surface area contributed by atoms with Crippen LogP contribution in [-0.4, -0.2) is 30.8 Å². The second kappa shape index (κ2) is 6.99. The van der Waals surface area contributed by atoms with E-state index in [9.17, 15) is 0 Å². The van der Waals surface area contributed by atoms with Crippen LogP contribution >= 0.6 is 11.8 Å². The first-order valence-electron chi connectivity index (χ1n) is 6.24. The van der Waals surface area contributed by atoms with E-state index in [2.05, 4.69) is 5.43 Å². The lowest BCUT2D eigenvalue weighted by Crippen LogP contribution is -2.41. The third-order valence-electron chi connectivity index (χ3n) is 2.95. The molecule has 100 valence electrons. The largest absolute Gasteiger partial charge is 0.494 e. The molecule has 0 aromatic heterocycles. The van der Waals surface area contributed by atoms with E-state index in [-0.39, 0.29) is 12.1 Å². The molecule has 1 aromatic carbocycles. The van der Waals surface area contributed by atoms with E-state index in [1.165, 1.54) is 0 Å². The van der Waals surface area contributed by atoms with Gasteiger partial charge in [0.05, 0.1) is 25.4 Å². The van der Waals surface area contributed by atoms with Crippen LogP contribution in [0, 0.1) is 0 Å². The lowest BCUT2D eigenvalue weighted by Gasteiger charge is -2.30. The average Bonchev–Trinajstić information content (AvgIpc) is 2.43. The van der Waals surface area contributed by atoms with Crippen molar-refractivity contribution in [3.63, 3.8) is 0 Å². The average molecular weight is 268 g/mol. The number of ether oxygens (including phenoxy) is 2. The van der Waals surface area contributed by atoms with E-state index >= 15 is 0 Å². The zero-order valence-corrected chi connectivity index (χ0v) is 11.4. The number of hydrogen-bond acceptors (Lipinski definition) is 5. The zero-order chi connectivity index (χ0) is 12.8. The molecule has 1 aromatic rings. The summed E-state index contributed by atoms with van der Waals surface area (Å²) in [4.78, 5) is 0. The van der Waals surface area contributed by atoms with Gasteiger partial charge in [0.15, 0.2) is 0 Å². The summed E-state index contributed by atoms with van der Waals surface area (Å²) in [6.45, 7) is 3.41. The molecule has 2 atom stereocenters. The fraction of sp³-hybridized carbons (Fsp3) is 0.538. The summed E-state index contributed by atoms with van der Waals surface area (Å²) in [6, 6.07) is 7.95. The van der Waals surface area contributed by atoms with Gasteiger partial charge in [-0.2, -0.15) is 11.8 Å². The third kappa shape index (κ3) is 3.17. The number of rotatable bonds is 5. The van der Waals surface area contributed by atoms with Crippen molar-refractivity contribution in [3.8, 4) is 5.75 Å². The van der Waals surface area contributed by atoms with Crippen LogP contribution in [0.2, 0.25) is 0 Å². The van der Waals surface area contributed by atoms with Gasteiger partial charge in [-0.1, -0.05) is 18.2 Å². The molecule has 0 radical (unpaired) electrons. The van der Waals surface area contributed by atoms with Crippen LogP contribution in [0.15, 0.2) is 24.3 Å². The maximum atomic E-state index is 5.80. The summed E-state index contributed by atoms with van der Waals surface area (Å²) in [6.07, 6.45) is 0.0929. The van der Waals surface area contributed by atoms with Crippen LogP contribution in [0.4, 0.5) is 0 Å². The Hall–Kier alpha value is -0.750. The van der Waals surface area contributed by atoms with E-state index in [1.54, 1.807) is 0 Å². The van der Waals surface area contributed by atoms with Gasteiger partial charge in [-0.05, 0) is 13.0 Å². The molecule has 2 unspecified atom stereocenters. The summed E-state index contributed by atoms with van der Waals surface area (Å²) < 4.78 is 11.5. The Morgan fingerprint density at radius 2 is 2.39 bits per heavy atom. The molecule has 0 amide bonds. The Kier molecular flexibility index (Phi) is 5.31. The topological polar surface area (TPSA) is 56.5 Å². The quantitative estimate of drug-likeness (QED) is 0.629. The molecule has 0 bridgehead atoms. The minimum atomic E-state index is -0.0273. The summed E-state index contributed by atoms with van der Waals surface area (Å²) in [5.41, 5.74) is 3.93. The van der Waals surface area contributed by atoms with Gasteiger partial charge < -0.3 is 9.47 Å². The van der Waals surface area contributed by atoms with Gasteiger partial charge in [0.1, 0.15) is 5.75 Å². The number of hydrazine groups is 1. The third-order valence-corrected chi connectivity index (χ3v) is 3.97. The molecule has 3 N–H and O–H groups in total. The van der Waals surface area contributed by atoms with Gasteiger partial charge in [-0.3, -0.25) is 11.3 Å². The highest BCUT2D eigenvalue weighted by molar-refractivity contribution is 7.99. The maximum Gasteiger partial charge on any atom is 0.124 e. The number of para-hydroxylation sites is 1. The second-order valence-corrected chi connectivity index (χ2v) is 5.25. The van der Waals surface area contributed by atoms with Gasteiger partial charge >= 0.3 is 0 Å². The van der Waals surface area contributed by atoms with Crippen molar-refractivity contribution in [2.75, 3.05) is 24.7 Å². The Morgan fingerprint density at radius 3 is 3.06 bits per heavy atom. The van der Waals surface area contributed by atoms with Crippen LogP contribution in [0.5, 0.6) is 5.75 Å². The lowest BCUT2D eigenvalue weighted by molar-refractivity contribution is 0.0460. The molecule has 5 heteroatoms. The fourth-order valence-corrected chi connectivity index (χ4v) is 3.02. The first kappa shape index (κ1) is 13.7. The first-order valence-corrected chi connectivity index (χ1v) is 7.39. The highest BCUT2D eigenvalue weighted by Crippen LogP contribution is 2.31. The number of hydrogen-bond donors (Lipinski definition) is 2.